The molecule has 0 bridgehead atoms. The highest BCUT2D eigenvalue weighted by atomic mass is 35.5. The summed E-state index contributed by atoms with van der Waals surface area (Å²) < 4.78 is 10.8. The van der Waals surface area contributed by atoms with E-state index in [0.717, 1.165) is 0 Å². The molecule has 0 heterocycles. The van der Waals surface area contributed by atoms with Crippen LogP contribution in [0.1, 0.15) is 13.8 Å². The highest BCUT2D eigenvalue weighted by Crippen LogP contribution is 2.43. The maximum Gasteiger partial charge on any atom is 0.288 e. The van der Waals surface area contributed by atoms with Crippen LogP contribution in [0.4, 0.5) is 5.69 Å². The average Bonchev–Trinajstić information content (AvgIpc) is 2.50. The number of nitrogens with one attached hydrogen (secondary N) is 2. The van der Waals surface area contributed by atoms with Crippen molar-refractivity contribution in [3.05, 3.63) is 29.3 Å². The third kappa shape index (κ3) is 6.92. The van der Waals surface area contributed by atoms with Gasteiger partial charge in [-0.15, -0.1) is 0 Å². The Bertz CT molecular complexity index is 651. The predicted octanol–water partition coefficient (Wildman–Crippen LogP) is 3.85. The largest absolute Gasteiger partial charge is 0.314 e. The molecule has 0 aliphatic heterocycles. The number of nitrogens with zero attached hydrogens (tertiary/aromatic N) is 2. The molecule has 0 atom stereocenters. The van der Waals surface area contributed by atoms with Crippen molar-refractivity contribution >= 4 is 58.7 Å². The van der Waals surface area contributed by atoms with Gasteiger partial charge in [-0.1, -0.05) is 23.8 Å². The highest BCUT2D eigenvalue weighted by molar-refractivity contribution is 8.09. The molecule has 1 rings (SSSR count). The number of nitriles is 1. The topological polar surface area (TPSA) is 78.7 Å². The minimum absolute atomic E-state index is 0.0245. The lowest BCUT2D eigenvalue weighted by Gasteiger charge is -2.22. The lowest BCUT2D eigenvalue weighted by Crippen LogP contribution is -2.28. The zero-order chi connectivity index (χ0) is 17.3. The van der Waals surface area contributed by atoms with E-state index in [9.17, 15) is 5.26 Å². The Labute approximate surface area is 151 Å². The lowest BCUT2D eigenvalue weighted by molar-refractivity contribution is 0.263. The zero-order valence-corrected chi connectivity index (χ0v) is 15.9. The number of thiocarbonyl (C=S) groups is 1. The molecule has 10 heteroatoms. The molecule has 0 saturated carbocycles. The summed E-state index contributed by atoms with van der Waals surface area (Å²) in [6, 6.07) is 8.76. The Morgan fingerprint density at radius 2 is 1.87 bits per heavy atom. The van der Waals surface area contributed by atoms with Gasteiger partial charge in [0, 0.05) is 5.02 Å². The van der Waals surface area contributed by atoms with Gasteiger partial charge >= 0.3 is 0 Å². The van der Waals surface area contributed by atoms with Gasteiger partial charge in [0.15, 0.2) is 5.71 Å². The van der Waals surface area contributed by atoms with Gasteiger partial charge in [0.25, 0.3) is 6.64 Å². The van der Waals surface area contributed by atoms with Crippen LogP contribution in [0.25, 0.3) is 0 Å². The molecule has 0 aromatic heterocycles. The van der Waals surface area contributed by atoms with Crippen LogP contribution in [0.3, 0.4) is 0 Å². The summed E-state index contributed by atoms with van der Waals surface area (Å²) in [6.07, 6.45) is 0. The van der Waals surface area contributed by atoms with Crippen LogP contribution < -0.4 is 10.5 Å². The average molecular weight is 391 g/mol. The van der Waals surface area contributed by atoms with E-state index in [1.165, 1.54) is 0 Å². The summed E-state index contributed by atoms with van der Waals surface area (Å²) in [5.41, 5.74) is 3.37. The third-order valence-electron chi connectivity index (χ3n) is 2.30. The third-order valence-corrected chi connectivity index (χ3v) is 5.60. The molecule has 1 aromatic rings. The molecule has 0 aliphatic rings. The van der Waals surface area contributed by atoms with Crippen molar-refractivity contribution in [2.45, 2.75) is 13.8 Å². The van der Waals surface area contributed by atoms with E-state index in [1.807, 2.05) is 6.07 Å². The van der Waals surface area contributed by atoms with Crippen LogP contribution in [0.15, 0.2) is 29.4 Å². The number of hydrogen-bond donors (Lipinski definition) is 2. The maximum absolute atomic E-state index is 9.20. The normalized spacial score (nSPS) is 11.7. The minimum atomic E-state index is -2.78. The number of hydrazone groups is 1. The van der Waals surface area contributed by atoms with Crippen molar-refractivity contribution in [3.63, 3.8) is 0 Å². The molecular weight excluding hydrogens is 375 g/mol. The van der Waals surface area contributed by atoms with E-state index in [4.69, 9.17) is 44.7 Å². The second-order valence-corrected chi connectivity index (χ2v) is 7.99. The van der Waals surface area contributed by atoms with Gasteiger partial charge in [-0.05, 0) is 49.9 Å². The summed E-state index contributed by atoms with van der Waals surface area (Å²) in [4.78, 5) is 0.0687. The molecule has 0 spiro atoms. The molecule has 1 aromatic carbocycles. The quantitative estimate of drug-likeness (QED) is 0.302. The van der Waals surface area contributed by atoms with Crippen LogP contribution in [0.5, 0.6) is 0 Å². The van der Waals surface area contributed by atoms with Crippen LogP contribution in [0.2, 0.25) is 5.02 Å². The molecule has 23 heavy (non-hydrogen) atoms. The number of hydrogen-bond acceptors (Lipinski definition) is 7. The van der Waals surface area contributed by atoms with Crippen molar-refractivity contribution in [1.29, 1.82) is 5.26 Å². The molecule has 6 nitrogen and oxygen atoms in total. The van der Waals surface area contributed by atoms with Crippen LogP contribution in [-0.4, -0.2) is 23.9 Å². The monoisotopic (exact) mass is 390 g/mol. The second-order valence-electron chi connectivity index (χ2n) is 3.96. The molecule has 2 N–H and O–H groups in total. The molecule has 0 amide bonds. The fourth-order valence-electron chi connectivity index (χ4n) is 1.39. The molecule has 0 saturated heterocycles. The summed E-state index contributed by atoms with van der Waals surface area (Å²) in [7, 11) is 0. The summed E-state index contributed by atoms with van der Waals surface area (Å²) >= 11 is 16.3. The predicted molar refractivity (Wildman–Crippen MR) is 101 cm³/mol. The molecular formula is C13H16ClN4O2PS2. The first-order valence-corrected chi connectivity index (χ1v) is 10.1. The number of rotatable bonds is 8. The van der Waals surface area contributed by atoms with Gasteiger partial charge in [0.1, 0.15) is 11.1 Å². The van der Waals surface area contributed by atoms with Crippen molar-refractivity contribution in [2.24, 2.45) is 5.10 Å². The fourth-order valence-corrected chi connectivity index (χ4v) is 4.29. The first-order valence-electron chi connectivity index (χ1n) is 6.65. The Kier molecular flexibility index (Phi) is 8.63. The van der Waals surface area contributed by atoms with E-state index in [2.05, 4.69) is 15.6 Å². The zero-order valence-electron chi connectivity index (χ0n) is 12.6. The maximum atomic E-state index is 9.20. The van der Waals surface area contributed by atoms with Gasteiger partial charge in [-0.3, -0.25) is 5.43 Å². The fraction of sp³-hybridized carbons (Fsp3) is 0.308. The van der Waals surface area contributed by atoms with Crippen LogP contribution in [-0.2, 0) is 20.9 Å². The van der Waals surface area contributed by atoms with E-state index in [-0.39, 0.29) is 10.7 Å². The van der Waals surface area contributed by atoms with Crippen molar-refractivity contribution in [1.82, 2.24) is 5.09 Å². The number of halogens is 1. The molecule has 0 aliphatic carbocycles. The second kappa shape index (κ2) is 9.93. The van der Waals surface area contributed by atoms with Gasteiger partial charge in [-0.25, -0.2) is 0 Å². The SMILES string of the molecule is CCOP(=S)(NC(=S)C(C#N)=NNc1ccc(Cl)cc1)OCC. The van der Waals surface area contributed by atoms with Gasteiger partial charge in [-0.2, -0.15) is 10.4 Å². The molecule has 0 radical (unpaired) electrons. The van der Waals surface area contributed by atoms with E-state index < -0.39 is 6.64 Å². The Balaban J connectivity index is 2.81. The molecule has 0 unspecified atom stereocenters. The molecule has 0 fully saturated rings. The van der Waals surface area contributed by atoms with Crippen LogP contribution in [0, 0.1) is 11.3 Å². The van der Waals surface area contributed by atoms with Gasteiger partial charge < -0.3 is 14.1 Å². The van der Waals surface area contributed by atoms with E-state index >= 15 is 0 Å². The van der Waals surface area contributed by atoms with Crippen molar-refractivity contribution in [2.75, 3.05) is 18.6 Å². The minimum Gasteiger partial charge on any atom is -0.314 e. The van der Waals surface area contributed by atoms with Gasteiger partial charge in [0.2, 0.25) is 0 Å². The summed E-state index contributed by atoms with van der Waals surface area (Å²) in [6.45, 7) is 1.56. The Hall–Kier alpha value is -1.07. The van der Waals surface area contributed by atoms with Crippen molar-refractivity contribution in [3.8, 4) is 6.07 Å². The first-order chi connectivity index (χ1) is 10.9. The summed E-state index contributed by atoms with van der Waals surface area (Å²) in [5.74, 6) is 0. The van der Waals surface area contributed by atoms with E-state index in [1.54, 1.807) is 38.1 Å². The Morgan fingerprint density at radius 1 is 1.30 bits per heavy atom. The van der Waals surface area contributed by atoms with E-state index in [0.29, 0.717) is 23.9 Å². The smallest absolute Gasteiger partial charge is 0.288 e. The number of benzene rings is 1. The standard InChI is InChI=1S/C13H16ClN4O2PS2/c1-3-19-21(23,20-4-2)18-13(22)12(9-15)17-16-11-7-5-10(14)6-8-11/h5-8,16H,3-4H2,1-2H3,(H,18,22,23). The Morgan fingerprint density at radius 3 is 2.35 bits per heavy atom. The summed E-state index contributed by atoms with van der Waals surface area (Å²) in [5, 5.41) is 16.6. The highest BCUT2D eigenvalue weighted by Gasteiger charge is 2.21. The molecule has 124 valence electrons. The van der Waals surface area contributed by atoms with Crippen LogP contribution >= 0.6 is 30.5 Å². The van der Waals surface area contributed by atoms with Gasteiger partial charge in [0.05, 0.1) is 18.9 Å². The lowest BCUT2D eigenvalue weighted by atomic mass is 10.3. The first kappa shape index (κ1) is 20.0. The number of anilines is 1. The van der Waals surface area contributed by atoms with Crippen molar-refractivity contribution < 1.29 is 9.05 Å².